The highest BCUT2D eigenvalue weighted by Crippen LogP contribution is 2.21. The first-order valence-corrected chi connectivity index (χ1v) is 11.4. The molecule has 1 saturated heterocycles. The topological polar surface area (TPSA) is 54.9 Å². The third kappa shape index (κ3) is 5.56. The summed E-state index contributed by atoms with van der Waals surface area (Å²) in [6.07, 6.45) is 0. The molecule has 168 valence electrons. The van der Waals surface area contributed by atoms with Crippen molar-refractivity contribution in [3.8, 4) is 11.5 Å². The van der Waals surface area contributed by atoms with Crippen molar-refractivity contribution >= 4 is 28.8 Å². The van der Waals surface area contributed by atoms with Gasteiger partial charge in [0.2, 0.25) is 0 Å². The van der Waals surface area contributed by atoms with Crippen molar-refractivity contribution < 1.29 is 18.7 Å². The molecule has 0 saturated carbocycles. The number of amides is 1. The average molecular weight is 476 g/mol. The van der Waals surface area contributed by atoms with E-state index in [1.165, 1.54) is 24.5 Å². The smallest absolute Gasteiger partial charge is 0.273 e. The van der Waals surface area contributed by atoms with Crippen LogP contribution in [0.3, 0.4) is 0 Å². The molecule has 2 aromatic carbocycles. The number of aromatic nitrogens is 1. The molecule has 0 spiro atoms. The zero-order valence-electron chi connectivity index (χ0n) is 17.6. The molecule has 1 aliphatic rings. The highest BCUT2D eigenvalue weighted by atomic mass is 35.5. The van der Waals surface area contributed by atoms with Gasteiger partial charge in [-0.25, -0.2) is 9.37 Å². The van der Waals surface area contributed by atoms with Gasteiger partial charge >= 0.3 is 0 Å². The van der Waals surface area contributed by atoms with E-state index in [9.17, 15) is 9.18 Å². The van der Waals surface area contributed by atoms with Gasteiger partial charge in [0.15, 0.2) is 11.6 Å². The molecular formula is C23H23ClFN3O3S. The molecule has 0 bridgehead atoms. The molecule has 1 amide bonds. The van der Waals surface area contributed by atoms with Gasteiger partial charge in [-0.1, -0.05) is 17.7 Å². The van der Waals surface area contributed by atoms with Gasteiger partial charge in [0.1, 0.15) is 23.1 Å². The van der Waals surface area contributed by atoms with Crippen LogP contribution in [0, 0.1) is 5.82 Å². The highest BCUT2D eigenvalue weighted by molar-refractivity contribution is 7.09. The summed E-state index contributed by atoms with van der Waals surface area (Å²) in [4.78, 5) is 21.3. The number of carbonyl (C=O) groups is 1. The van der Waals surface area contributed by atoms with Crippen LogP contribution in [0.25, 0.3) is 0 Å². The number of rotatable bonds is 7. The Labute approximate surface area is 195 Å². The summed E-state index contributed by atoms with van der Waals surface area (Å²) < 4.78 is 24.6. The Kier molecular flexibility index (Phi) is 7.24. The fraction of sp³-hybridized carbons (Fsp3) is 0.304. The van der Waals surface area contributed by atoms with Crippen molar-refractivity contribution in [2.45, 2.75) is 13.2 Å². The van der Waals surface area contributed by atoms with E-state index in [1.54, 1.807) is 35.7 Å². The van der Waals surface area contributed by atoms with Crippen LogP contribution < -0.4 is 9.47 Å². The van der Waals surface area contributed by atoms with Crippen molar-refractivity contribution in [3.63, 3.8) is 0 Å². The number of ether oxygens (including phenoxy) is 2. The Morgan fingerprint density at radius 3 is 2.59 bits per heavy atom. The standard InChI is InChI=1S/C23H23ClFN3O3S/c1-30-21-7-2-16(12-19(21)25)13-27-8-10-28(11-9-27)23(29)20-15-32-22(26-20)14-31-18-5-3-17(24)4-6-18/h2-7,12,15H,8-11,13-14H2,1H3. The first-order chi connectivity index (χ1) is 15.5. The lowest BCUT2D eigenvalue weighted by molar-refractivity contribution is 0.0623. The number of benzene rings is 2. The van der Waals surface area contributed by atoms with E-state index in [0.717, 1.165) is 23.7 Å². The summed E-state index contributed by atoms with van der Waals surface area (Å²) in [5.74, 6) is 0.503. The van der Waals surface area contributed by atoms with Gasteiger partial charge in [0.05, 0.1) is 7.11 Å². The predicted octanol–water partition coefficient (Wildman–Crippen LogP) is 4.48. The number of hydrogen-bond donors (Lipinski definition) is 0. The van der Waals surface area contributed by atoms with Crippen LogP contribution in [0.5, 0.6) is 11.5 Å². The normalized spacial score (nSPS) is 14.4. The summed E-state index contributed by atoms with van der Waals surface area (Å²) in [5.41, 5.74) is 1.32. The fourth-order valence-electron chi connectivity index (χ4n) is 3.49. The molecule has 0 unspecified atom stereocenters. The number of halogens is 2. The van der Waals surface area contributed by atoms with Crippen LogP contribution in [0.15, 0.2) is 47.8 Å². The zero-order chi connectivity index (χ0) is 22.5. The molecule has 0 atom stereocenters. The van der Waals surface area contributed by atoms with Crippen LogP contribution in [0.1, 0.15) is 21.1 Å². The number of piperazine rings is 1. The summed E-state index contributed by atoms with van der Waals surface area (Å²) in [7, 11) is 1.45. The summed E-state index contributed by atoms with van der Waals surface area (Å²) >= 11 is 7.28. The van der Waals surface area contributed by atoms with Crippen LogP contribution >= 0.6 is 22.9 Å². The van der Waals surface area contributed by atoms with Crippen molar-refractivity contribution in [1.82, 2.24) is 14.8 Å². The van der Waals surface area contributed by atoms with E-state index in [4.69, 9.17) is 21.1 Å². The molecular weight excluding hydrogens is 453 g/mol. The maximum Gasteiger partial charge on any atom is 0.273 e. The van der Waals surface area contributed by atoms with Gasteiger partial charge in [-0.3, -0.25) is 9.69 Å². The minimum atomic E-state index is -0.363. The van der Waals surface area contributed by atoms with E-state index in [-0.39, 0.29) is 17.5 Å². The van der Waals surface area contributed by atoms with Gasteiger partial charge in [-0.15, -0.1) is 11.3 Å². The first-order valence-electron chi connectivity index (χ1n) is 10.2. The minimum Gasteiger partial charge on any atom is -0.494 e. The lowest BCUT2D eigenvalue weighted by Gasteiger charge is -2.34. The van der Waals surface area contributed by atoms with Crippen LogP contribution in [0.2, 0.25) is 5.02 Å². The van der Waals surface area contributed by atoms with E-state index < -0.39 is 0 Å². The second-order valence-electron chi connectivity index (χ2n) is 7.41. The summed E-state index contributed by atoms with van der Waals surface area (Å²) in [6.45, 7) is 3.57. The molecule has 1 aromatic heterocycles. The van der Waals surface area contributed by atoms with E-state index in [2.05, 4.69) is 9.88 Å². The van der Waals surface area contributed by atoms with Crippen molar-refractivity contribution in [1.29, 1.82) is 0 Å². The Balaban J connectivity index is 1.27. The number of carbonyl (C=O) groups excluding carboxylic acids is 1. The van der Waals surface area contributed by atoms with Gasteiger partial charge in [-0.05, 0) is 42.0 Å². The molecule has 0 radical (unpaired) electrons. The summed E-state index contributed by atoms with van der Waals surface area (Å²) in [5, 5.41) is 3.16. The Hall–Kier alpha value is -2.68. The number of hydrogen-bond acceptors (Lipinski definition) is 6. The Morgan fingerprint density at radius 1 is 1.16 bits per heavy atom. The summed E-state index contributed by atoms with van der Waals surface area (Å²) in [6, 6.07) is 12.1. The van der Waals surface area contributed by atoms with Gasteiger partial charge < -0.3 is 14.4 Å². The van der Waals surface area contributed by atoms with Crippen molar-refractivity contribution in [2.24, 2.45) is 0 Å². The largest absolute Gasteiger partial charge is 0.494 e. The number of thiazole rings is 1. The van der Waals surface area contributed by atoms with Crippen molar-refractivity contribution in [2.75, 3.05) is 33.3 Å². The lowest BCUT2D eigenvalue weighted by atomic mass is 10.1. The number of methoxy groups -OCH3 is 1. The molecule has 9 heteroatoms. The molecule has 0 N–H and O–H groups in total. The molecule has 6 nitrogen and oxygen atoms in total. The van der Waals surface area contributed by atoms with Crippen LogP contribution in [-0.2, 0) is 13.2 Å². The first kappa shape index (κ1) is 22.5. The second-order valence-corrected chi connectivity index (χ2v) is 8.79. The van der Waals surface area contributed by atoms with Crippen molar-refractivity contribution in [3.05, 3.63) is 74.9 Å². The monoisotopic (exact) mass is 475 g/mol. The second kappa shape index (κ2) is 10.3. The molecule has 4 rings (SSSR count). The maximum atomic E-state index is 13.9. The minimum absolute atomic E-state index is 0.0749. The fourth-order valence-corrected chi connectivity index (χ4v) is 4.29. The molecule has 32 heavy (non-hydrogen) atoms. The predicted molar refractivity (Wildman–Crippen MR) is 122 cm³/mol. The quantitative estimate of drug-likeness (QED) is 0.504. The van der Waals surface area contributed by atoms with Gasteiger partial charge in [0, 0.05) is 43.1 Å². The van der Waals surface area contributed by atoms with Gasteiger partial charge in [0.25, 0.3) is 5.91 Å². The molecule has 1 fully saturated rings. The lowest BCUT2D eigenvalue weighted by Crippen LogP contribution is -2.48. The van der Waals surface area contributed by atoms with Crippen LogP contribution in [0.4, 0.5) is 4.39 Å². The molecule has 3 aromatic rings. The Morgan fingerprint density at radius 2 is 1.91 bits per heavy atom. The molecule has 0 aliphatic carbocycles. The Bertz CT molecular complexity index is 1070. The molecule has 2 heterocycles. The van der Waals surface area contributed by atoms with Gasteiger partial charge in [-0.2, -0.15) is 0 Å². The van der Waals surface area contributed by atoms with Crippen LogP contribution in [-0.4, -0.2) is 54.0 Å². The maximum absolute atomic E-state index is 13.9. The average Bonchev–Trinajstić information content (AvgIpc) is 3.28. The zero-order valence-corrected chi connectivity index (χ0v) is 19.2. The third-order valence-electron chi connectivity index (χ3n) is 5.23. The van der Waals surface area contributed by atoms with E-state index >= 15 is 0 Å². The van der Waals surface area contributed by atoms with E-state index in [1.807, 2.05) is 11.0 Å². The SMILES string of the molecule is COc1ccc(CN2CCN(C(=O)c3csc(COc4ccc(Cl)cc4)n3)CC2)cc1F. The highest BCUT2D eigenvalue weighted by Gasteiger charge is 2.24. The third-order valence-corrected chi connectivity index (χ3v) is 6.30. The number of nitrogens with zero attached hydrogens (tertiary/aromatic N) is 3. The molecule has 1 aliphatic heterocycles. The van der Waals surface area contributed by atoms with E-state index in [0.29, 0.717) is 42.7 Å².